The monoisotopic (exact) mass is 518 g/mol. The van der Waals surface area contributed by atoms with Crippen LogP contribution in [0.15, 0.2) is 30.3 Å². The van der Waals surface area contributed by atoms with Crippen molar-refractivity contribution < 1.29 is 57.8 Å². The van der Waals surface area contributed by atoms with Crippen LogP contribution in [0.1, 0.15) is 11.1 Å². The summed E-state index contributed by atoms with van der Waals surface area (Å²) in [6.45, 7) is 0. The summed E-state index contributed by atoms with van der Waals surface area (Å²) in [5.41, 5.74) is 3.98. The Labute approximate surface area is 187 Å². The second-order valence-electron chi connectivity index (χ2n) is 6.77. The molecule has 3 aromatic carbocycles. The molecule has 3 rings (SSSR count). The summed E-state index contributed by atoms with van der Waals surface area (Å²) in [6.07, 6.45) is -11.7. The molecule has 0 saturated heterocycles. The fourth-order valence-electron chi connectivity index (χ4n) is 2.85. The van der Waals surface area contributed by atoms with Gasteiger partial charge in [-0.2, -0.15) is 35.1 Å². The molecule has 0 unspecified atom stereocenters. The van der Waals surface area contributed by atoms with E-state index >= 15 is 0 Å². The van der Waals surface area contributed by atoms with Crippen LogP contribution in [0.5, 0.6) is 23.0 Å². The van der Waals surface area contributed by atoms with Gasteiger partial charge in [-0.3, -0.25) is 0 Å². The molecular formula is C20H9F11N2O2. The van der Waals surface area contributed by atoms with Crippen LogP contribution in [0.4, 0.5) is 59.7 Å². The summed E-state index contributed by atoms with van der Waals surface area (Å²) in [5, 5.41) is 0. The third-order valence-corrected chi connectivity index (χ3v) is 4.24. The van der Waals surface area contributed by atoms with Gasteiger partial charge in [0.05, 0.1) is 0 Å². The largest absolute Gasteiger partial charge is 0.453 e. The van der Waals surface area contributed by atoms with Crippen molar-refractivity contribution in [3.05, 3.63) is 70.5 Å². The van der Waals surface area contributed by atoms with Crippen molar-refractivity contribution in [1.82, 2.24) is 0 Å². The van der Waals surface area contributed by atoms with Crippen molar-refractivity contribution in [2.24, 2.45) is 0 Å². The number of nitrogens with two attached hydrogens (primary N) is 2. The fourth-order valence-corrected chi connectivity index (χ4v) is 2.85. The zero-order valence-electron chi connectivity index (χ0n) is 16.5. The number of benzene rings is 3. The van der Waals surface area contributed by atoms with Crippen LogP contribution >= 0.6 is 0 Å². The molecule has 0 aliphatic carbocycles. The predicted octanol–water partition coefficient (Wildman–Crippen LogP) is 7.17. The van der Waals surface area contributed by atoms with Crippen LogP contribution in [0.25, 0.3) is 0 Å². The number of ether oxygens (including phenoxy) is 2. The summed E-state index contributed by atoms with van der Waals surface area (Å²) < 4.78 is 160. The molecule has 0 radical (unpaired) electrons. The van der Waals surface area contributed by atoms with Gasteiger partial charge in [0.2, 0.25) is 11.6 Å². The van der Waals surface area contributed by atoms with Gasteiger partial charge < -0.3 is 20.9 Å². The van der Waals surface area contributed by atoms with Crippen LogP contribution in [0.2, 0.25) is 0 Å². The normalized spacial score (nSPS) is 12.1. The molecule has 0 bridgehead atoms. The number of hydrogen-bond acceptors (Lipinski definition) is 4. The summed E-state index contributed by atoms with van der Waals surface area (Å²) in [5.74, 6) is -16.7. The molecule has 35 heavy (non-hydrogen) atoms. The number of halogens is 11. The van der Waals surface area contributed by atoms with E-state index in [2.05, 4.69) is 9.47 Å². The molecule has 0 aromatic heterocycles. The molecule has 4 N–H and O–H groups in total. The number of hydrogen-bond donors (Lipinski definition) is 2. The van der Waals surface area contributed by atoms with Crippen molar-refractivity contribution in [3.63, 3.8) is 0 Å². The van der Waals surface area contributed by atoms with Crippen LogP contribution in [-0.2, 0) is 12.4 Å². The molecular weight excluding hydrogens is 509 g/mol. The third kappa shape index (κ3) is 5.12. The van der Waals surface area contributed by atoms with E-state index in [0.717, 1.165) is 0 Å². The first kappa shape index (κ1) is 25.7. The van der Waals surface area contributed by atoms with Gasteiger partial charge in [0.25, 0.3) is 0 Å². The van der Waals surface area contributed by atoms with E-state index in [1.807, 2.05) is 0 Å². The Morgan fingerprint density at radius 1 is 0.486 bits per heavy atom. The average Bonchev–Trinajstić information content (AvgIpc) is 2.67. The van der Waals surface area contributed by atoms with Crippen molar-refractivity contribution in [3.8, 4) is 23.0 Å². The molecule has 0 amide bonds. The second kappa shape index (κ2) is 8.70. The van der Waals surface area contributed by atoms with E-state index in [4.69, 9.17) is 11.5 Å². The highest BCUT2D eigenvalue weighted by atomic mass is 19.4. The van der Waals surface area contributed by atoms with E-state index in [1.54, 1.807) is 0 Å². The lowest BCUT2D eigenvalue weighted by Crippen LogP contribution is -2.18. The van der Waals surface area contributed by atoms with Crippen LogP contribution in [0.3, 0.4) is 0 Å². The number of alkyl halides is 6. The van der Waals surface area contributed by atoms with Crippen LogP contribution < -0.4 is 20.9 Å². The Bertz CT molecular complexity index is 1210. The lowest BCUT2D eigenvalue weighted by Gasteiger charge is -2.21. The summed E-state index contributed by atoms with van der Waals surface area (Å²) in [4.78, 5) is 0. The topological polar surface area (TPSA) is 70.5 Å². The van der Waals surface area contributed by atoms with E-state index in [-0.39, 0.29) is 6.07 Å². The van der Waals surface area contributed by atoms with Gasteiger partial charge in [-0.1, -0.05) is 0 Å². The Hall–Kier alpha value is -3.91. The Morgan fingerprint density at radius 3 is 1.14 bits per heavy atom. The van der Waals surface area contributed by atoms with E-state index in [9.17, 15) is 48.3 Å². The molecule has 0 spiro atoms. The van der Waals surface area contributed by atoms with Crippen LogP contribution in [-0.4, -0.2) is 0 Å². The summed E-state index contributed by atoms with van der Waals surface area (Å²) in [6, 6.07) is 1.52. The molecule has 0 saturated carbocycles. The molecule has 0 heterocycles. The lowest BCUT2D eigenvalue weighted by molar-refractivity contribution is -0.148. The highest BCUT2D eigenvalue weighted by molar-refractivity contribution is 5.55. The van der Waals surface area contributed by atoms with Gasteiger partial charge >= 0.3 is 12.4 Å². The highest BCUT2D eigenvalue weighted by Crippen LogP contribution is 2.50. The summed E-state index contributed by atoms with van der Waals surface area (Å²) in [7, 11) is 0. The van der Waals surface area contributed by atoms with Gasteiger partial charge in [0.15, 0.2) is 29.0 Å². The standard InChI is InChI=1S/C20H9F11N2O2/c21-8-1-6(32)3-12(16(8)23)34-10-5-11(35-13-4-7(33)2-9(22)17(13)24)15(20(29,30)31)18(25)14(10)19(26,27)28/h1-5H,32-33H2. The number of anilines is 2. The smallest absolute Gasteiger partial charge is 0.422 e. The fraction of sp³-hybridized carbons (Fsp3) is 0.100. The Morgan fingerprint density at radius 2 is 0.829 bits per heavy atom. The molecule has 0 aliphatic heterocycles. The van der Waals surface area contributed by atoms with Gasteiger partial charge in [-0.25, -0.2) is 13.2 Å². The molecule has 3 aromatic rings. The lowest BCUT2D eigenvalue weighted by atomic mass is 10.1. The molecule has 0 aliphatic rings. The average molecular weight is 518 g/mol. The van der Waals surface area contributed by atoms with E-state index in [0.29, 0.717) is 24.3 Å². The van der Waals surface area contributed by atoms with Crippen LogP contribution in [0, 0.1) is 29.1 Å². The minimum absolute atomic E-state index is 0.213. The molecule has 15 heteroatoms. The molecule has 188 valence electrons. The van der Waals surface area contributed by atoms with Gasteiger partial charge in [-0.05, 0) is 0 Å². The minimum atomic E-state index is -5.87. The van der Waals surface area contributed by atoms with Gasteiger partial charge in [0, 0.05) is 41.7 Å². The zero-order valence-corrected chi connectivity index (χ0v) is 16.5. The number of nitrogen functional groups attached to an aromatic ring is 2. The third-order valence-electron chi connectivity index (χ3n) is 4.24. The molecule has 0 fully saturated rings. The quantitative estimate of drug-likeness (QED) is 0.284. The second-order valence-corrected chi connectivity index (χ2v) is 6.77. The predicted molar refractivity (Wildman–Crippen MR) is 98.1 cm³/mol. The van der Waals surface area contributed by atoms with Crippen molar-refractivity contribution >= 4 is 11.4 Å². The van der Waals surface area contributed by atoms with Crippen molar-refractivity contribution in [1.29, 1.82) is 0 Å². The first-order valence-electron chi connectivity index (χ1n) is 8.86. The van der Waals surface area contributed by atoms with Gasteiger partial charge in [0.1, 0.15) is 22.6 Å². The zero-order chi connectivity index (χ0) is 26.5. The Kier molecular flexibility index (Phi) is 6.39. The highest BCUT2D eigenvalue weighted by Gasteiger charge is 2.47. The molecule has 0 atom stereocenters. The van der Waals surface area contributed by atoms with Crippen molar-refractivity contribution in [2.75, 3.05) is 11.5 Å². The maximum absolute atomic E-state index is 14.7. The van der Waals surface area contributed by atoms with E-state index in [1.165, 1.54) is 0 Å². The maximum atomic E-state index is 14.7. The summed E-state index contributed by atoms with van der Waals surface area (Å²) >= 11 is 0. The first-order chi connectivity index (χ1) is 16.0. The van der Waals surface area contributed by atoms with E-state index < -0.39 is 86.9 Å². The number of rotatable bonds is 4. The SMILES string of the molecule is Nc1cc(F)c(F)c(Oc2cc(Oc3cc(N)cc(F)c3F)c(C(F)(F)F)c(F)c2C(F)(F)F)c1. The first-order valence-corrected chi connectivity index (χ1v) is 8.86. The van der Waals surface area contributed by atoms with Crippen molar-refractivity contribution in [2.45, 2.75) is 12.4 Å². The maximum Gasteiger partial charge on any atom is 0.422 e. The minimum Gasteiger partial charge on any atom is -0.453 e. The Balaban J connectivity index is 2.33. The molecule has 4 nitrogen and oxygen atoms in total. The van der Waals surface area contributed by atoms with Gasteiger partial charge in [-0.15, -0.1) is 0 Å².